The Balaban J connectivity index is 1.77. The van der Waals surface area contributed by atoms with Crippen LogP contribution in [0.5, 0.6) is 11.5 Å². The molecule has 0 radical (unpaired) electrons. The lowest BCUT2D eigenvalue weighted by Crippen LogP contribution is -2.31. The van der Waals surface area contributed by atoms with Gasteiger partial charge in [-0.3, -0.25) is 4.79 Å². The predicted octanol–water partition coefficient (Wildman–Crippen LogP) is 3.72. The maximum absolute atomic E-state index is 13.1. The highest BCUT2D eigenvalue weighted by atomic mass is 35.5. The summed E-state index contributed by atoms with van der Waals surface area (Å²) in [6.45, 7) is 3.44. The van der Waals surface area contributed by atoms with Gasteiger partial charge in [-0.05, 0) is 51.2 Å². The average Bonchev–Trinajstić information content (AvgIpc) is 3.19. The Labute approximate surface area is 183 Å². The number of halogens is 1. The summed E-state index contributed by atoms with van der Waals surface area (Å²) in [6, 6.07) is 10.8. The number of phenols is 2. The second-order valence-electron chi connectivity index (χ2n) is 8.26. The summed E-state index contributed by atoms with van der Waals surface area (Å²) in [7, 11) is 6.25. The summed E-state index contributed by atoms with van der Waals surface area (Å²) in [5.74, 6) is -0.774. The molecule has 0 aliphatic carbocycles. The Morgan fingerprint density at radius 2 is 1.90 bits per heavy atom. The van der Waals surface area contributed by atoms with Crippen molar-refractivity contribution in [1.29, 1.82) is 0 Å². The summed E-state index contributed by atoms with van der Waals surface area (Å²) < 4.78 is 0. The fourth-order valence-corrected chi connectivity index (χ4v) is 4.06. The number of phenolic OH excluding ortho intramolecular Hbond substituents is 2. The number of amides is 1. The molecule has 1 unspecified atom stereocenters. The van der Waals surface area contributed by atoms with Crippen molar-refractivity contribution in [2.24, 2.45) is 0 Å². The highest BCUT2D eigenvalue weighted by Gasteiger charge is 2.32. The molecule has 2 aromatic rings. The van der Waals surface area contributed by atoms with Crippen molar-refractivity contribution in [2.45, 2.75) is 25.4 Å². The van der Waals surface area contributed by atoms with E-state index >= 15 is 0 Å². The molecule has 0 saturated carbocycles. The van der Waals surface area contributed by atoms with Crippen LogP contribution in [0.4, 0.5) is 0 Å². The van der Waals surface area contributed by atoms with E-state index in [0.717, 1.165) is 44.1 Å². The van der Waals surface area contributed by atoms with Crippen LogP contribution in [0.3, 0.4) is 0 Å². The van der Waals surface area contributed by atoms with Crippen LogP contribution in [0.25, 0.3) is 0 Å². The third-order valence-corrected chi connectivity index (χ3v) is 5.83. The van der Waals surface area contributed by atoms with E-state index in [1.807, 2.05) is 6.07 Å². The first-order valence-electron chi connectivity index (χ1n) is 10.2. The van der Waals surface area contributed by atoms with Gasteiger partial charge in [-0.15, -0.1) is 0 Å². The lowest BCUT2D eigenvalue weighted by atomic mass is 10.0. The zero-order valence-corrected chi connectivity index (χ0v) is 18.6. The Morgan fingerprint density at radius 3 is 2.63 bits per heavy atom. The van der Waals surface area contributed by atoms with Gasteiger partial charge in [-0.2, -0.15) is 0 Å². The molecule has 3 rings (SSSR count). The Morgan fingerprint density at radius 1 is 1.13 bits per heavy atom. The molecule has 1 aliphatic heterocycles. The van der Waals surface area contributed by atoms with E-state index in [4.69, 9.17) is 11.6 Å². The molecule has 1 saturated heterocycles. The summed E-state index contributed by atoms with van der Waals surface area (Å²) in [5.41, 5.74) is 2.43. The third kappa shape index (κ3) is 5.25. The summed E-state index contributed by atoms with van der Waals surface area (Å²) in [5, 5.41) is 19.9. The van der Waals surface area contributed by atoms with Crippen LogP contribution in [-0.4, -0.2) is 71.6 Å². The topological polar surface area (TPSA) is 67.2 Å². The molecule has 162 valence electrons. The molecule has 2 N–H and O–H groups in total. The molecule has 7 heteroatoms. The van der Waals surface area contributed by atoms with E-state index in [2.05, 4.69) is 49.1 Å². The van der Waals surface area contributed by atoms with Crippen LogP contribution in [0.2, 0.25) is 5.02 Å². The van der Waals surface area contributed by atoms with Crippen molar-refractivity contribution in [3.05, 3.63) is 58.1 Å². The zero-order chi connectivity index (χ0) is 21.8. The number of likely N-dealkylation sites (N-methyl/N-ethyl adjacent to an activating group) is 2. The van der Waals surface area contributed by atoms with Gasteiger partial charge < -0.3 is 24.9 Å². The largest absolute Gasteiger partial charge is 0.507 e. The van der Waals surface area contributed by atoms with Crippen molar-refractivity contribution in [2.75, 3.05) is 40.8 Å². The van der Waals surface area contributed by atoms with Crippen LogP contribution >= 0.6 is 11.6 Å². The maximum Gasteiger partial charge on any atom is 0.258 e. The number of likely N-dealkylation sites (tertiary alicyclic amines) is 1. The number of nitrogens with zero attached hydrogens (tertiary/aromatic N) is 3. The minimum Gasteiger partial charge on any atom is -0.507 e. The first kappa shape index (κ1) is 22.4. The molecule has 2 aromatic carbocycles. The molecule has 0 aromatic heterocycles. The van der Waals surface area contributed by atoms with Crippen molar-refractivity contribution in [3.63, 3.8) is 0 Å². The summed E-state index contributed by atoms with van der Waals surface area (Å²) in [4.78, 5) is 19.4. The van der Waals surface area contributed by atoms with Gasteiger partial charge in [-0.1, -0.05) is 35.9 Å². The number of hydrogen-bond donors (Lipinski definition) is 2. The van der Waals surface area contributed by atoms with E-state index < -0.39 is 0 Å². The molecule has 1 heterocycles. The predicted molar refractivity (Wildman–Crippen MR) is 119 cm³/mol. The van der Waals surface area contributed by atoms with E-state index in [9.17, 15) is 15.0 Å². The fraction of sp³-hybridized carbons (Fsp3) is 0.435. The van der Waals surface area contributed by atoms with Gasteiger partial charge in [-0.25, -0.2) is 0 Å². The van der Waals surface area contributed by atoms with Crippen molar-refractivity contribution < 1.29 is 15.0 Å². The van der Waals surface area contributed by atoms with Crippen molar-refractivity contribution in [1.82, 2.24) is 14.7 Å². The minimum absolute atomic E-state index is 0.0449. The maximum atomic E-state index is 13.1. The van der Waals surface area contributed by atoms with Gasteiger partial charge in [0.25, 0.3) is 5.91 Å². The number of carbonyl (C=O) groups is 1. The molecule has 1 aliphatic rings. The van der Waals surface area contributed by atoms with E-state index in [1.165, 1.54) is 11.6 Å². The van der Waals surface area contributed by atoms with Crippen LogP contribution in [0, 0.1) is 0 Å². The molecule has 1 amide bonds. The fourth-order valence-electron chi connectivity index (χ4n) is 3.89. The van der Waals surface area contributed by atoms with Gasteiger partial charge in [0, 0.05) is 32.2 Å². The summed E-state index contributed by atoms with van der Waals surface area (Å²) in [6.07, 6.45) is 1.77. The number of benzene rings is 2. The highest BCUT2D eigenvalue weighted by Crippen LogP contribution is 2.37. The Bertz CT molecular complexity index is 903. The summed E-state index contributed by atoms with van der Waals surface area (Å²) >= 11 is 5.96. The number of aromatic hydroxyl groups is 2. The third-order valence-electron chi connectivity index (χ3n) is 5.53. The second kappa shape index (κ2) is 9.69. The number of rotatable bonds is 7. The normalized spacial score (nSPS) is 16.6. The smallest absolute Gasteiger partial charge is 0.258 e. The Hall–Kier alpha value is -2.28. The standard InChI is InChI=1S/C23H30ClN3O3/c1-25(2)10-11-26(3)15-16-6-4-7-17(12-16)20-8-5-9-27(20)23(30)18-13-19(24)22(29)14-21(18)28/h4,6-7,12-14,20,28-29H,5,8-11,15H2,1-3H3. The molecule has 30 heavy (non-hydrogen) atoms. The number of hydrogen-bond acceptors (Lipinski definition) is 5. The average molecular weight is 432 g/mol. The van der Waals surface area contributed by atoms with Gasteiger partial charge in [0.05, 0.1) is 16.6 Å². The highest BCUT2D eigenvalue weighted by molar-refractivity contribution is 6.32. The van der Waals surface area contributed by atoms with Gasteiger partial charge in [0.2, 0.25) is 0 Å². The molecular weight excluding hydrogens is 402 g/mol. The molecule has 6 nitrogen and oxygen atoms in total. The molecule has 0 spiro atoms. The Kier molecular flexibility index (Phi) is 7.23. The SMILES string of the molecule is CN(C)CCN(C)Cc1cccc(C2CCCN2C(=O)c2cc(Cl)c(O)cc2O)c1. The van der Waals surface area contributed by atoms with Gasteiger partial charge >= 0.3 is 0 Å². The van der Waals surface area contributed by atoms with E-state index in [0.29, 0.717) is 6.54 Å². The minimum atomic E-state index is -0.273. The van der Waals surface area contributed by atoms with Crippen LogP contribution in [0.1, 0.15) is 40.4 Å². The first-order chi connectivity index (χ1) is 14.3. The van der Waals surface area contributed by atoms with Crippen molar-refractivity contribution >= 4 is 17.5 Å². The van der Waals surface area contributed by atoms with Crippen LogP contribution in [-0.2, 0) is 6.54 Å². The van der Waals surface area contributed by atoms with Gasteiger partial charge in [0.1, 0.15) is 11.5 Å². The van der Waals surface area contributed by atoms with E-state index in [1.54, 1.807) is 4.90 Å². The molecule has 1 atom stereocenters. The second-order valence-corrected chi connectivity index (χ2v) is 8.67. The van der Waals surface area contributed by atoms with E-state index in [-0.39, 0.29) is 34.0 Å². The molecule has 1 fully saturated rings. The lowest BCUT2D eigenvalue weighted by Gasteiger charge is -2.26. The van der Waals surface area contributed by atoms with Crippen LogP contribution < -0.4 is 0 Å². The van der Waals surface area contributed by atoms with Crippen LogP contribution in [0.15, 0.2) is 36.4 Å². The quantitative estimate of drug-likeness (QED) is 0.699. The zero-order valence-electron chi connectivity index (χ0n) is 17.8. The molecular formula is C23H30ClN3O3. The lowest BCUT2D eigenvalue weighted by molar-refractivity contribution is 0.0732. The van der Waals surface area contributed by atoms with Gasteiger partial charge in [0.15, 0.2) is 0 Å². The monoisotopic (exact) mass is 431 g/mol. The first-order valence-corrected chi connectivity index (χ1v) is 10.6. The number of carbonyl (C=O) groups excluding carboxylic acids is 1. The van der Waals surface area contributed by atoms with Crippen molar-refractivity contribution in [3.8, 4) is 11.5 Å². The molecule has 0 bridgehead atoms.